The van der Waals surface area contributed by atoms with Gasteiger partial charge in [0.1, 0.15) is 5.75 Å². The van der Waals surface area contributed by atoms with E-state index in [1.807, 2.05) is 18.2 Å². The van der Waals surface area contributed by atoms with Crippen molar-refractivity contribution >= 4 is 28.6 Å². The first-order valence-electron chi connectivity index (χ1n) is 8.20. The highest BCUT2D eigenvalue weighted by Gasteiger charge is 2.24. The number of carbonyl (C=O) groups is 1. The molecular formula is C18H20N2O5S. The van der Waals surface area contributed by atoms with Gasteiger partial charge in [-0.3, -0.25) is 9.27 Å². The maximum atomic E-state index is 12.0. The van der Waals surface area contributed by atoms with E-state index in [1.165, 1.54) is 13.2 Å². The maximum Gasteiger partial charge on any atom is 0.338 e. The number of para-hydroxylation sites is 1. The van der Waals surface area contributed by atoms with Crippen LogP contribution in [0.3, 0.4) is 0 Å². The molecule has 26 heavy (non-hydrogen) atoms. The zero-order valence-corrected chi connectivity index (χ0v) is 15.1. The van der Waals surface area contributed by atoms with Crippen molar-refractivity contribution in [3.05, 3.63) is 48.0 Å². The summed E-state index contributed by atoms with van der Waals surface area (Å²) in [7, 11) is 1.30. The average Bonchev–Trinajstić information content (AvgIpc) is 3.17. The monoisotopic (exact) mass is 376 g/mol. The standard InChI is InChI=1S/C18H20N2O5S/c1-24-18(21)13-11-15(19-26(22)23)17(25-14-7-3-2-4-8-14)16(12-13)20-9-5-6-10-20/h2-4,7-8,11-12,19H,5-6,9-10H2,1H3,(H,22,23). The van der Waals surface area contributed by atoms with Gasteiger partial charge in [-0.15, -0.1) is 0 Å². The quantitative estimate of drug-likeness (QED) is 0.593. The van der Waals surface area contributed by atoms with E-state index in [2.05, 4.69) is 9.62 Å². The maximum absolute atomic E-state index is 12.0. The summed E-state index contributed by atoms with van der Waals surface area (Å²) in [4.78, 5) is 14.1. The number of methoxy groups -OCH3 is 1. The number of hydrogen-bond acceptors (Lipinski definition) is 5. The van der Waals surface area contributed by atoms with Crippen molar-refractivity contribution in [1.29, 1.82) is 0 Å². The largest absolute Gasteiger partial charge is 0.465 e. The third kappa shape index (κ3) is 4.14. The van der Waals surface area contributed by atoms with Crippen LogP contribution in [0.1, 0.15) is 23.2 Å². The summed E-state index contributed by atoms with van der Waals surface area (Å²) in [5.41, 5.74) is 1.21. The molecule has 1 aliphatic heterocycles. The highest BCUT2D eigenvalue weighted by molar-refractivity contribution is 7.80. The van der Waals surface area contributed by atoms with Gasteiger partial charge in [-0.2, -0.15) is 0 Å². The third-order valence-electron chi connectivity index (χ3n) is 4.10. The summed E-state index contributed by atoms with van der Waals surface area (Å²) in [5.74, 6) is 0.460. The van der Waals surface area contributed by atoms with E-state index >= 15 is 0 Å². The fourth-order valence-corrected chi connectivity index (χ4v) is 3.27. The molecule has 0 aliphatic carbocycles. The van der Waals surface area contributed by atoms with Crippen molar-refractivity contribution in [3.8, 4) is 11.5 Å². The number of nitrogens with zero attached hydrogens (tertiary/aromatic N) is 1. The van der Waals surface area contributed by atoms with Gasteiger partial charge >= 0.3 is 5.97 Å². The van der Waals surface area contributed by atoms with Gasteiger partial charge in [0.25, 0.3) is 11.3 Å². The molecule has 1 unspecified atom stereocenters. The van der Waals surface area contributed by atoms with Gasteiger partial charge in [0.15, 0.2) is 5.75 Å². The summed E-state index contributed by atoms with van der Waals surface area (Å²) in [6, 6.07) is 12.3. The number of esters is 1. The fourth-order valence-electron chi connectivity index (χ4n) is 2.93. The molecular weight excluding hydrogens is 356 g/mol. The van der Waals surface area contributed by atoms with E-state index < -0.39 is 17.2 Å². The highest BCUT2D eigenvalue weighted by atomic mass is 32.2. The molecule has 1 atom stereocenters. The Labute approximate surface area is 154 Å². The molecule has 1 saturated heterocycles. The lowest BCUT2D eigenvalue weighted by molar-refractivity contribution is 0.0601. The summed E-state index contributed by atoms with van der Waals surface area (Å²) in [5, 5.41) is 0. The van der Waals surface area contributed by atoms with E-state index in [1.54, 1.807) is 18.2 Å². The van der Waals surface area contributed by atoms with Crippen molar-refractivity contribution in [2.75, 3.05) is 29.8 Å². The molecule has 0 radical (unpaired) electrons. The average molecular weight is 376 g/mol. The molecule has 7 nitrogen and oxygen atoms in total. The molecule has 2 N–H and O–H groups in total. The van der Waals surface area contributed by atoms with Crippen molar-refractivity contribution in [1.82, 2.24) is 0 Å². The number of carbonyl (C=O) groups excluding carboxylic acids is 1. The van der Waals surface area contributed by atoms with Crippen molar-refractivity contribution in [2.45, 2.75) is 12.8 Å². The Kier molecular flexibility index (Phi) is 5.75. The van der Waals surface area contributed by atoms with Crippen LogP contribution in [0.2, 0.25) is 0 Å². The van der Waals surface area contributed by atoms with Crippen LogP contribution in [0, 0.1) is 0 Å². The predicted octanol–water partition coefficient (Wildman–Crippen LogP) is 3.41. The molecule has 8 heteroatoms. The Balaban J connectivity index is 2.12. The first kappa shape index (κ1) is 18.2. The molecule has 0 bridgehead atoms. The Bertz CT molecular complexity index is 807. The lowest BCUT2D eigenvalue weighted by Crippen LogP contribution is -2.20. The number of rotatable bonds is 6. The van der Waals surface area contributed by atoms with Crippen LogP contribution in [0.15, 0.2) is 42.5 Å². The normalized spacial score (nSPS) is 14.8. The topological polar surface area (TPSA) is 88.1 Å². The van der Waals surface area contributed by atoms with Crippen LogP contribution in [0.5, 0.6) is 11.5 Å². The van der Waals surface area contributed by atoms with Crippen molar-refractivity contribution in [3.63, 3.8) is 0 Å². The lowest BCUT2D eigenvalue weighted by Gasteiger charge is -2.24. The second-order valence-corrected chi connectivity index (χ2v) is 6.53. The third-order valence-corrected chi connectivity index (χ3v) is 4.49. The fraction of sp³-hybridized carbons (Fsp3) is 0.278. The van der Waals surface area contributed by atoms with E-state index in [4.69, 9.17) is 9.47 Å². The second kappa shape index (κ2) is 8.20. The van der Waals surface area contributed by atoms with E-state index in [-0.39, 0.29) is 11.3 Å². The van der Waals surface area contributed by atoms with Crippen LogP contribution in [-0.2, 0) is 16.0 Å². The zero-order chi connectivity index (χ0) is 18.5. The number of ether oxygens (including phenoxy) is 2. The van der Waals surface area contributed by atoms with Crippen molar-refractivity contribution in [2.24, 2.45) is 0 Å². The summed E-state index contributed by atoms with van der Waals surface area (Å²) in [6.07, 6.45) is 2.06. The second-order valence-electron chi connectivity index (χ2n) is 5.82. The molecule has 1 heterocycles. The van der Waals surface area contributed by atoms with Crippen LogP contribution >= 0.6 is 0 Å². The summed E-state index contributed by atoms with van der Waals surface area (Å²) >= 11 is -2.32. The minimum Gasteiger partial charge on any atom is -0.465 e. The molecule has 138 valence electrons. The number of hydrogen-bond donors (Lipinski definition) is 2. The molecule has 1 fully saturated rings. The van der Waals surface area contributed by atoms with Gasteiger partial charge in [-0.05, 0) is 37.1 Å². The van der Waals surface area contributed by atoms with Gasteiger partial charge < -0.3 is 14.4 Å². The summed E-state index contributed by atoms with van der Waals surface area (Å²) < 4.78 is 34.0. The Hall–Kier alpha value is -2.58. The molecule has 0 amide bonds. The van der Waals surface area contributed by atoms with Gasteiger partial charge in [0.05, 0.1) is 24.0 Å². The van der Waals surface area contributed by atoms with Gasteiger partial charge in [-0.1, -0.05) is 18.2 Å². The summed E-state index contributed by atoms with van der Waals surface area (Å²) in [6.45, 7) is 1.63. The van der Waals surface area contributed by atoms with Crippen LogP contribution in [0.25, 0.3) is 0 Å². The van der Waals surface area contributed by atoms with Crippen LogP contribution in [-0.4, -0.2) is 34.9 Å². The number of benzene rings is 2. The van der Waals surface area contributed by atoms with Crippen LogP contribution in [0.4, 0.5) is 11.4 Å². The van der Waals surface area contributed by atoms with Crippen molar-refractivity contribution < 1.29 is 23.0 Å². The zero-order valence-electron chi connectivity index (χ0n) is 14.3. The first-order chi connectivity index (χ1) is 12.6. The minimum absolute atomic E-state index is 0.250. The number of nitrogens with one attached hydrogen (secondary N) is 1. The SMILES string of the molecule is COC(=O)c1cc(NS(=O)O)c(Oc2ccccc2)c(N2CCCC2)c1. The lowest BCUT2D eigenvalue weighted by atomic mass is 10.1. The molecule has 2 aromatic rings. The van der Waals surface area contributed by atoms with Gasteiger partial charge in [-0.25, -0.2) is 9.00 Å². The van der Waals surface area contributed by atoms with E-state index in [0.717, 1.165) is 25.9 Å². The predicted molar refractivity (Wildman–Crippen MR) is 100 cm³/mol. The van der Waals surface area contributed by atoms with Crippen LogP contribution < -0.4 is 14.4 Å². The molecule has 2 aromatic carbocycles. The Morgan fingerprint density at radius 2 is 1.88 bits per heavy atom. The molecule has 1 aliphatic rings. The first-order valence-corrected chi connectivity index (χ1v) is 9.31. The molecule has 0 aromatic heterocycles. The van der Waals surface area contributed by atoms with Gasteiger partial charge in [0.2, 0.25) is 0 Å². The molecule has 0 spiro atoms. The van der Waals surface area contributed by atoms with E-state index in [9.17, 15) is 13.6 Å². The molecule has 0 saturated carbocycles. The molecule has 3 rings (SSSR count). The minimum atomic E-state index is -2.32. The Morgan fingerprint density at radius 1 is 1.19 bits per heavy atom. The Morgan fingerprint density at radius 3 is 2.50 bits per heavy atom. The van der Waals surface area contributed by atoms with E-state index in [0.29, 0.717) is 17.2 Å². The highest BCUT2D eigenvalue weighted by Crippen LogP contribution is 2.42. The van der Waals surface area contributed by atoms with Gasteiger partial charge in [0, 0.05) is 13.1 Å². The smallest absolute Gasteiger partial charge is 0.338 e. The number of anilines is 2.